The summed E-state index contributed by atoms with van der Waals surface area (Å²) in [7, 11) is 0. The first-order valence-electron chi connectivity index (χ1n) is 5.37. The van der Waals surface area contributed by atoms with Crippen molar-refractivity contribution in [1.82, 2.24) is 0 Å². The van der Waals surface area contributed by atoms with Gasteiger partial charge in [-0.2, -0.15) is 0 Å². The zero-order valence-electron chi connectivity index (χ0n) is 9.05. The van der Waals surface area contributed by atoms with Crippen molar-refractivity contribution in [3.63, 3.8) is 0 Å². The molecular weight excluding hydrogens is 200 g/mol. The lowest BCUT2D eigenvalue weighted by molar-refractivity contribution is -0.184. The maximum atomic E-state index is 9.34. The Kier molecular flexibility index (Phi) is 3.00. The second kappa shape index (κ2) is 3.99. The Balaban J connectivity index is 1.92. The minimum atomic E-state index is -1.09. The number of aliphatic hydroxyl groups excluding tert-OH is 2. The van der Waals surface area contributed by atoms with Crippen molar-refractivity contribution in [3.05, 3.63) is 0 Å². The van der Waals surface area contributed by atoms with Gasteiger partial charge in [0.05, 0.1) is 12.7 Å². The molecule has 0 saturated carbocycles. The van der Waals surface area contributed by atoms with Crippen LogP contribution in [0.3, 0.4) is 0 Å². The molecule has 2 aliphatic heterocycles. The normalized spacial score (nSPS) is 51.2. The van der Waals surface area contributed by atoms with Crippen molar-refractivity contribution < 1.29 is 24.4 Å². The van der Waals surface area contributed by atoms with Crippen molar-refractivity contribution >= 4 is 0 Å². The van der Waals surface area contributed by atoms with Crippen LogP contribution in [0.2, 0.25) is 0 Å². The number of aliphatic hydroxyl groups is 2. The van der Waals surface area contributed by atoms with Gasteiger partial charge in [0.2, 0.25) is 0 Å². The van der Waals surface area contributed by atoms with Crippen molar-refractivity contribution in [2.45, 2.75) is 57.1 Å². The van der Waals surface area contributed by atoms with E-state index in [0.29, 0.717) is 13.0 Å². The Hall–Kier alpha value is -0.200. The maximum absolute atomic E-state index is 9.34. The molecule has 2 heterocycles. The first-order valence-corrected chi connectivity index (χ1v) is 5.37. The molecule has 5 heteroatoms. The van der Waals surface area contributed by atoms with Crippen LogP contribution in [-0.2, 0) is 14.2 Å². The summed E-state index contributed by atoms with van der Waals surface area (Å²) in [6, 6.07) is 0. The van der Waals surface area contributed by atoms with Gasteiger partial charge in [0.15, 0.2) is 12.1 Å². The highest BCUT2D eigenvalue weighted by Crippen LogP contribution is 2.32. The van der Waals surface area contributed by atoms with Gasteiger partial charge in [-0.25, -0.2) is 0 Å². The van der Waals surface area contributed by atoms with E-state index in [1.807, 2.05) is 13.8 Å². The van der Waals surface area contributed by atoms with Gasteiger partial charge in [-0.3, -0.25) is 0 Å². The summed E-state index contributed by atoms with van der Waals surface area (Å²) in [6.07, 6.45) is -1.21. The molecule has 88 valence electrons. The van der Waals surface area contributed by atoms with Gasteiger partial charge in [0.25, 0.3) is 0 Å². The lowest BCUT2D eigenvalue weighted by Crippen LogP contribution is -2.32. The van der Waals surface area contributed by atoms with Crippen molar-refractivity contribution in [2.75, 3.05) is 6.61 Å². The molecule has 2 fully saturated rings. The molecule has 0 aliphatic carbocycles. The van der Waals surface area contributed by atoms with E-state index in [4.69, 9.17) is 14.2 Å². The molecule has 0 amide bonds. The van der Waals surface area contributed by atoms with E-state index >= 15 is 0 Å². The summed E-state index contributed by atoms with van der Waals surface area (Å²) < 4.78 is 16.4. The molecule has 5 nitrogen and oxygen atoms in total. The van der Waals surface area contributed by atoms with Crippen LogP contribution in [0.5, 0.6) is 0 Å². The van der Waals surface area contributed by atoms with Crippen LogP contribution in [0, 0.1) is 0 Å². The second-order valence-corrected chi connectivity index (χ2v) is 4.32. The van der Waals surface area contributed by atoms with E-state index in [1.54, 1.807) is 0 Å². The predicted octanol–water partition coefficient (Wildman–Crippen LogP) is -0.00380. The van der Waals surface area contributed by atoms with Crippen molar-refractivity contribution in [2.24, 2.45) is 0 Å². The third kappa shape index (κ3) is 2.16. The Morgan fingerprint density at radius 2 is 2.07 bits per heavy atom. The highest BCUT2D eigenvalue weighted by atomic mass is 16.8. The van der Waals surface area contributed by atoms with Gasteiger partial charge in [0.1, 0.15) is 12.2 Å². The largest absolute Gasteiger partial charge is 0.388 e. The van der Waals surface area contributed by atoms with Gasteiger partial charge >= 0.3 is 0 Å². The standard InChI is InChI=1S/C10H18O5/c1-3-10(2)13-5-8(15-10)7-4-6(11)9(12)14-7/h6-9,11-12H,3-5H2,1-2H3. The average molecular weight is 218 g/mol. The average Bonchev–Trinajstić information content (AvgIpc) is 2.73. The van der Waals surface area contributed by atoms with E-state index in [-0.39, 0.29) is 12.2 Å². The molecule has 0 aromatic rings. The zero-order valence-corrected chi connectivity index (χ0v) is 9.05. The SMILES string of the molecule is CCC1(C)OCC(C2CC(O)C(O)O2)O1. The predicted molar refractivity (Wildman–Crippen MR) is 51.0 cm³/mol. The van der Waals surface area contributed by atoms with Crippen LogP contribution in [0.4, 0.5) is 0 Å². The molecule has 15 heavy (non-hydrogen) atoms. The maximum Gasteiger partial charge on any atom is 0.181 e. The molecule has 2 N–H and O–H groups in total. The van der Waals surface area contributed by atoms with Crippen molar-refractivity contribution in [3.8, 4) is 0 Å². The van der Waals surface area contributed by atoms with Gasteiger partial charge in [0, 0.05) is 6.42 Å². The van der Waals surface area contributed by atoms with E-state index in [0.717, 1.165) is 6.42 Å². The number of ether oxygens (including phenoxy) is 3. The fourth-order valence-corrected chi connectivity index (χ4v) is 1.93. The molecule has 0 radical (unpaired) electrons. The third-order valence-electron chi connectivity index (χ3n) is 3.13. The van der Waals surface area contributed by atoms with Gasteiger partial charge in [-0.1, -0.05) is 6.92 Å². The quantitative estimate of drug-likeness (QED) is 0.682. The molecule has 0 spiro atoms. The topological polar surface area (TPSA) is 68.2 Å². The van der Waals surface area contributed by atoms with Crippen LogP contribution in [-0.4, -0.2) is 47.2 Å². The molecule has 0 aromatic heterocycles. The molecule has 5 unspecified atom stereocenters. The van der Waals surface area contributed by atoms with Gasteiger partial charge in [-0.05, 0) is 13.3 Å². The molecule has 2 saturated heterocycles. The number of hydrogen-bond acceptors (Lipinski definition) is 5. The fourth-order valence-electron chi connectivity index (χ4n) is 1.93. The molecule has 0 aromatic carbocycles. The molecular formula is C10H18O5. The highest BCUT2D eigenvalue weighted by molar-refractivity contribution is 4.86. The Morgan fingerprint density at radius 1 is 1.33 bits per heavy atom. The first-order chi connectivity index (χ1) is 7.04. The molecule has 0 bridgehead atoms. The fraction of sp³-hybridized carbons (Fsp3) is 1.00. The van der Waals surface area contributed by atoms with Crippen molar-refractivity contribution in [1.29, 1.82) is 0 Å². The Morgan fingerprint density at radius 3 is 2.53 bits per heavy atom. The number of rotatable bonds is 2. The smallest absolute Gasteiger partial charge is 0.181 e. The summed E-state index contributed by atoms with van der Waals surface area (Å²) in [5, 5.41) is 18.6. The van der Waals surface area contributed by atoms with E-state index in [1.165, 1.54) is 0 Å². The first kappa shape index (κ1) is 11.3. The molecule has 5 atom stereocenters. The molecule has 2 aliphatic rings. The minimum absolute atomic E-state index is 0.193. The molecule has 2 rings (SSSR count). The van der Waals surface area contributed by atoms with E-state index < -0.39 is 18.2 Å². The summed E-state index contributed by atoms with van der Waals surface area (Å²) in [4.78, 5) is 0. The second-order valence-electron chi connectivity index (χ2n) is 4.32. The van der Waals surface area contributed by atoms with Crippen LogP contribution in [0.1, 0.15) is 26.7 Å². The minimum Gasteiger partial charge on any atom is -0.388 e. The Labute approximate surface area is 88.9 Å². The zero-order chi connectivity index (χ0) is 11.1. The Bertz CT molecular complexity index is 224. The van der Waals surface area contributed by atoms with Crippen LogP contribution in [0.25, 0.3) is 0 Å². The lowest BCUT2D eigenvalue weighted by atomic mass is 10.1. The van der Waals surface area contributed by atoms with Gasteiger partial charge in [-0.15, -0.1) is 0 Å². The van der Waals surface area contributed by atoms with Crippen LogP contribution in [0.15, 0.2) is 0 Å². The lowest BCUT2D eigenvalue weighted by Gasteiger charge is -2.23. The third-order valence-corrected chi connectivity index (χ3v) is 3.13. The van der Waals surface area contributed by atoms with E-state index in [2.05, 4.69) is 0 Å². The summed E-state index contributed by atoms with van der Waals surface area (Å²) in [5.41, 5.74) is 0. The monoisotopic (exact) mass is 218 g/mol. The summed E-state index contributed by atoms with van der Waals surface area (Å²) >= 11 is 0. The highest BCUT2D eigenvalue weighted by Gasteiger charge is 2.45. The van der Waals surface area contributed by atoms with Crippen LogP contribution < -0.4 is 0 Å². The van der Waals surface area contributed by atoms with Gasteiger partial charge < -0.3 is 24.4 Å². The summed E-state index contributed by atoms with van der Waals surface area (Å²) in [5.74, 6) is -0.549. The van der Waals surface area contributed by atoms with E-state index in [9.17, 15) is 10.2 Å². The summed E-state index contributed by atoms with van der Waals surface area (Å²) in [6.45, 7) is 4.32. The van der Waals surface area contributed by atoms with Crippen LogP contribution >= 0.6 is 0 Å². The number of hydrogen-bond donors (Lipinski definition) is 2.